The number of phenols is 1. The van der Waals surface area contributed by atoms with Gasteiger partial charge in [0.2, 0.25) is 0 Å². The molecule has 16 heavy (non-hydrogen) atoms. The minimum atomic E-state index is -0.380. The maximum atomic E-state index is 11.6. The molecule has 1 amide bonds. The van der Waals surface area contributed by atoms with Crippen molar-refractivity contribution in [1.29, 1.82) is 0 Å². The minimum Gasteiger partial charge on any atom is -0.507 e. The number of hydrogen-bond acceptors (Lipinski definition) is 3. The van der Waals surface area contributed by atoms with Crippen molar-refractivity contribution in [1.82, 2.24) is 5.32 Å². The number of nitrogens with zero attached hydrogens (tertiary/aromatic N) is 3. The molecule has 0 atom stereocenters. The maximum Gasteiger partial charge on any atom is 0.255 e. The van der Waals surface area contributed by atoms with Gasteiger partial charge in [-0.05, 0) is 30.2 Å². The first-order valence-corrected chi connectivity index (χ1v) is 4.85. The number of benzene rings is 1. The third kappa shape index (κ3) is 2.90. The summed E-state index contributed by atoms with van der Waals surface area (Å²) in [6.07, 6.45) is 0.808. The van der Waals surface area contributed by atoms with E-state index in [0.717, 1.165) is 6.42 Å². The molecule has 1 rings (SSSR count). The van der Waals surface area contributed by atoms with Gasteiger partial charge >= 0.3 is 0 Å². The van der Waals surface area contributed by atoms with E-state index in [0.29, 0.717) is 12.2 Å². The Morgan fingerprint density at radius 3 is 3.00 bits per heavy atom. The number of rotatable bonds is 4. The highest BCUT2D eigenvalue weighted by atomic mass is 16.3. The highest BCUT2D eigenvalue weighted by Crippen LogP contribution is 2.23. The molecule has 0 aliphatic carbocycles. The summed E-state index contributed by atoms with van der Waals surface area (Å²) in [4.78, 5) is 14.2. The second kappa shape index (κ2) is 5.63. The quantitative estimate of drug-likeness (QED) is 0.463. The van der Waals surface area contributed by atoms with Gasteiger partial charge in [-0.2, -0.15) is 0 Å². The number of phenolic OH excluding ortho intramolecular Hbond substituents is 1. The fraction of sp³-hybridized carbons (Fsp3) is 0.300. The van der Waals surface area contributed by atoms with Gasteiger partial charge in [-0.3, -0.25) is 4.79 Å². The van der Waals surface area contributed by atoms with E-state index in [2.05, 4.69) is 15.3 Å². The van der Waals surface area contributed by atoms with Gasteiger partial charge in [0, 0.05) is 17.1 Å². The molecule has 0 radical (unpaired) electrons. The van der Waals surface area contributed by atoms with Gasteiger partial charge in [0.1, 0.15) is 5.75 Å². The van der Waals surface area contributed by atoms with E-state index in [1.807, 2.05) is 6.92 Å². The van der Waals surface area contributed by atoms with E-state index in [1.165, 1.54) is 18.2 Å². The molecule has 0 spiro atoms. The molecule has 1 aromatic rings. The monoisotopic (exact) mass is 220 g/mol. The van der Waals surface area contributed by atoms with Crippen LogP contribution in [-0.2, 0) is 0 Å². The molecule has 0 bridgehead atoms. The molecule has 6 heteroatoms. The van der Waals surface area contributed by atoms with Crippen molar-refractivity contribution in [3.63, 3.8) is 0 Å². The average Bonchev–Trinajstić information content (AvgIpc) is 2.29. The largest absolute Gasteiger partial charge is 0.507 e. The van der Waals surface area contributed by atoms with E-state index in [1.54, 1.807) is 0 Å². The number of aromatic hydroxyl groups is 1. The van der Waals surface area contributed by atoms with Crippen LogP contribution in [0.2, 0.25) is 0 Å². The Kier molecular flexibility index (Phi) is 4.17. The number of amides is 1. The van der Waals surface area contributed by atoms with Crippen molar-refractivity contribution in [3.05, 3.63) is 34.2 Å². The van der Waals surface area contributed by atoms with E-state index < -0.39 is 0 Å². The fourth-order valence-electron chi connectivity index (χ4n) is 1.15. The molecule has 2 N–H and O–H groups in total. The van der Waals surface area contributed by atoms with Gasteiger partial charge in [0.15, 0.2) is 0 Å². The van der Waals surface area contributed by atoms with Crippen LogP contribution >= 0.6 is 0 Å². The second-order valence-electron chi connectivity index (χ2n) is 3.15. The van der Waals surface area contributed by atoms with E-state index in [9.17, 15) is 9.90 Å². The molecular formula is C10H12N4O2. The zero-order valence-electron chi connectivity index (χ0n) is 8.84. The van der Waals surface area contributed by atoms with Crippen molar-refractivity contribution in [3.8, 4) is 5.75 Å². The smallest absolute Gasteiger partial charge is 0.255 e. The molecule has 0 saturated heterocycles. The molecule has 0 heterocycles. The average molecular weight is 220 g/mol. The Morgan fingerprint density at radius 2 is 2.38 bits per heavy atom. The summed E-state index contributed by atoms with van der Waals surface area (Å²) in [5.74, 6) is -0.514. The summed E-state index contributed by atoms with van der Waals surface area (Å²) >= 11 is 0. The SMILES string of the molecule is CCCNC(=O)c1cc(N=[N+]=[N-])ccc1O. The lowest BCUT2D eigenvalue weighted by molar-refractivity contribution is 0.0951. The lowest BCUT2D eigenvalue weighted by Crippen LogP contribution is -2.23. The maximum absolute atomic E-state index is 11.6. The summed E-state index contributed by atoms with van der Waals surface area (Å²) in [6.45, 7) is 2.46. The molecule has 0 unspecified atom stereocenters. The Balaban J connectivity index is 2.97. The third-order valence-corrected chi connectivity index (χ3v) is 1.92. The molecule has 1 aromatic carbocycles. The first-order valence-electron chi connectivity index (χ1n) is 4.85. The Hall–Kier alpha value is -2.20. The lowest BCUT2D eigenvalue weighted by Gasteiger charge is -2.06. The predicted molar refractivity (Wildman–Crippen MR) is 59.5 cm³/mol. The Bertz CT molecular complexity index is 438. The summed E-state index contributed by atoms with van der Waals surface area (Å²) in [5, 5.41) is 15.5. The summed E-state index contributed by atoms with van der Waals surface area (Å²) < 4.78 is 0. The molecule has 6 nitrogen and oxygen atoms in total. The topological polar surface area (TPSA) is 98.1 Å². The fourth-order valence-corrected chi connectivity index (χ4v) is 1.15. The van der Waals surface area contributed by atoms with Crippen LogP contribution in [0.3, 0.4) is 0 Å². The van der Waals surface area contributed by atoms with Crippen molar-refractivity contribution in [2.24, 2.45) is 5.11 Å². The van der Waals surface area contributed by atoms with E-state index in [4.69, 9.17) is 5.53 Å². The molecule has 84 valence electrons. The summed E-state index contributed by atoms with van der Waals surface area (Å²) in [7, 11) is 0. The van der Waals surface area contributed by atoms with Crippen LogP contribution in [0.15, 0.2) is 23.3 Å². The minimum absolute atomic E-state index is 0.110. The van der Waals surface area contributed by atoms with Crippen molar-refractivity contribution < 1.29 is 9.90 Å². The van der Waals surface area contributed by atoms with Gasteiger partial charge < -0.3 is 10.4 Å². The molecular weight excluding hydrogens is 208 g/mol. The van der Waals surface area contributed by atoms with Crippen molar-refractivity contribution >= 4 is 11.6 Å². The Labute approximate surface area is 92.5 Å². The number of azide groups is 1. The van der Waals surface area contributed by atoms with E-state index in [-0.39, 0.29) is 17.2 Å². The molecule has 0 aliphatic heterocycles. The molecule has 0 aliphatic rings. The van der Waals surface area contributed by atoms with Gasteiger partial charge in [-0.25, -0.2) is 0 Å². The van der Waals surface area contributed by atoms with Crippen LogP contribution in [0.4, 0.5) is 5.69 Å². The summed E-state index contributed by atoms with van der Waals surface area (Å²) in [6, 6.07) is 4.11. The third-order valence-electron chi connectivity index (χ3n) is 1.92. The first kappa shape index (κ1) is 11.9. The number of carbonyl (C=O) groups excluding carboxylic acids is 1. The number of nitrogens with one attached hydrogen (secondary N) is 1. The standard InChI is InChI=1S/C10H12N4O2/c1-2-5-12-10(16)8-6-7(13-14-11)3-4-9(8)15/h3-4,6,15H,2,5H2,1H3,(H,12,16). The van der Waals surface area contributed by atoms with Crippen LogP contribution in [0, 0.1) is 0 Å². The zero-order chi connectivity index (χ0) is 12.0. The molecule has 0 fully saturated rings. The summed E-state index contributed by atoms with van der Waals surface area (Å²) in [5.41, 5.74) is 8.66. The highest BCUT2D eigenvalue weighted by Gasteiger charge is 2.10. The molecule has 0 saturated carbocycles. The second-order valence-corrected chi connectivity index (χ2v) is 3.15. The van der Waals surface area contributed by atoms with Crippen LogP contribution in [0.25, 0.3) is 10.4 Å². The van der Waals surface area contributed by atoms with E-state index >= 15 is 0 Å². The van der Waals surface area contributed by atoms with Gasteiger partial charge in [0.25, 0.3) is 5.91 Å². The van der Waals surface area contributed by atoms with Gasteiger partial charge in [0.05, 0.1) is 5.56 Å². The van der Waals surface area contributed by atoms with Crippen molar-refractivity contribution in [2.45, 2.75) is 13.3 Å². The Morgan fingerprint density at radius 1 is 1.62 bits per heavy atom. The van der Waals surface area contributed by atoms with Crippen molar-refractivity contribution in [2.75, 3.05) is 6.54 Å². The van der Waals surface area contributed by atoms with Crippen LogP contribution < -0.4 is 5.32 Å². The zero-order valence-corrected chi connectivity index (χ0v) is 8.84. The predicted octanol–water partition coefficient (Wildman–Crippen LogP) is 2.47. The number of hydrogen-bond donors (Lipinski definition) is 2. The normalized spacial score (nSPS) is 9.31. The van der Waals surface area contributed by atoms with Crippen LogP contribution in [0.1, 0.15) is 23.7 Å². The van der Waals surface area contributed by atoms with Crippen LogP contribution in [0.5, 0.6) is 5.75 Å². The highest BCUT2D eigenvalue weighted by molar-refractivity contribution is 5.97. The van der Waals surface area contributed by atoms with Gasteiger partial charge in [-0.15, -0.1) is 0 Å². The number of carbonyl (C=O) groups is 1. The first-order chi connectivity index (χ1) is 7.69. The lowest BCUT2D eigenvalue weighted by atomic mass is 10.1. The van der Waals surface area contributed by atoms with Gasteiger partial charge in [-0.1, -0.05) is 12.0 Å². The van der Waals surface area contributed by atoms with Crippen LogP contribution in [-0.4, -0.2) is 17.6 Å². The molecule has 0 aromatic heterocycles.